The molecule has 2 atom stereocenters. The number of anilines is 1. The van der Waals surface area contributed by atoms with E-state index in [0.29, 0.717) is 12.1 Å². The Morgan fingerprint density at radius 1 is 1.26 bits per heavy atom. The van der Waals surface area contributed by atoms with Gasteiger partial charge >= 0.3 is 0 Å². The molecule has 0 saturated carbocycles. The third kappa shape index (κ3) is 2.49. The summed E-state index contributed by atoms with van der Waals surface area (Å²) in [5.41, 5.74) is 2.56. The lowest BCUT2D eigenvalue weighted by molar-refractivity contribution is 0.414. The zero-order chi connectivity index (χ0) is 13.2. The zero-order valence-electron chi connectivity index (χ0n) is 11.5. The molecule has 4 heteroatoms. The van der Waals surface area contributed by atoms with Crippen molar-refractivity contribution in [2.24, 2.45) is 7.05 Å². The molecule has 0 bridgehead atoms. The summed E-state index contributed by atoms with van der Waals surface area (Å²) in [4.78, 5) is 2.43. The van der Waals surface area contributed by atoms with Crippen LogP contribution in [0.2, 0.25) is 0 Å². The lowest BCUT2D eigenvalue weighted by Gasteiger charge is -2.39. The molecule has 0 amide bonds. The van der Waals surface area contributed by atoms with Gasteiger partial charge in [-0.1, -0.05) is 30.3 Å². The van der Waals surface area contributed by atoms with E-state index in [1.165, 1.54) is 11.3 Å². The maximum absolute atomic E-state index is 4.28. The number of benzene rings is 1. The van der Waals surface area contributed by atoms with E-state index >= 15 is 0 Å². The van der Waals surface area contributed by atoms with Crippen molar-refractivity contribution in [1.29, 1.82) is 0 Å². The van der Waals surface area contributed by atoms with Gasteiger partial charge in [-0.25, -0.2) is 0 Å². The van der Waals surface area contributed by atoms with Crippen LogP contribution < -0.4 is 10.2 Å². The zero-order valence-corrected chi connectivity index (χ0v) is 11.5. The summed E-state index contributed by atoms with van der Waals surface area (Å²) in [6, 6.07) is 11.5. The summed E-state index contributed by atoms with van der Waals surface area (Å²) < 4.78 is 1.86. The lowest BCUT2D eigenvalue weighted by atomic mass is 10.0. The van der Waals surface area contributed by atoms with E-state index < -0.39 is 0 Å². The Morgan fingerprint density at radius 3 is 2.74 bits per heavy atom. The second kappa shape index (κ2) is 5.05. The number of nitrogens with one attached hydrogen (secondary N) is 1. The van der Waals surface area contributed by atoms with Crippen LogP contribution in [0.15, 0.2) is 42.7 Å². The van der Waals surface area contributed by atoms with E-state index in [1.54, 1.807) is 0 Å². The molecule has 3 rings (SSSR count). The Kier molecular flexibility index (Phi) is 3.25. The van der Waals surface area contributed by atoms with Gasteiger partial charge in [0.2, 0.25) is 0 Å². The monoisotopic (exact) mass is 256 g/mol. The number of rotatable bonds is 2. The number of nitrogens with zero attached hydrogens (tertiary/aromatic N) is 3. The highest BCUT2D eigenvalue weighted by Crippen LogP contribution is 2.24. The van der Waals surface area contributed by atoms with Gasteiger partial charge in [-0.3, -0.25) is 4.68 Å². The van der Waals surface area contributed by atoms with Gasteiger partial charge < -0.3 is 10.2 Å². The molecule has 4 nitrogen and oxygen atoms in total. The first-order valence-corrected chi connectivity index (χ1v) is 6.77. The fraction of sp³-hybridized carbons (Fsp3) is 0.400. The second-order valence-electron chi connectivity index (χ2n) is 5.25. The van der Waals surface area contributed by atoms with Crippen LogP contribution in [0.5, 0.6) is 0 Å². The lowest BCUT2D eigenvalue weighted by Crippen LogP contribution is -2.51. The van der Waals surface area contributed by atoms with Crippen molar-refractivity contribution in [3.63, 3.8) is 0 Å². The van der Waals surface area contributed by atoms with E-state index in [9.17, 15) is 0 Å². The number of hydrogen-bond donors (Lipinski definition) is 1. The summed E-state index contributed by atoms with van der Waals surface area (Å²) in [7, 11) is 1.96. The first-order valence-electron chi connectivity index (χ1n) is 6.77. The van der Waals surface area contributed by atoms with Gasteiger partial charge in [0.25, 0.3) is 0 Å². The predicted molar refractivity (Wildman–Crippen MR) is 77.2 cm³/mol. The molecule has 2 unspecified atom stereocenters. The summed E-state index contributed by atoms with van der Waals surface area (Å²) in [5, 5.41) is 7.90. The standard InChI is InChI=1S/C15H20N4/c1-12-8-16-15(13-6-4-3-5-7-13)11-19(12)14-9-17-18(2)10-14/h3-7,9-10,12,15-16H,8,11H2,1-2H3. The van der Waals surface area contributed by atoms with Crippen LogP contribution in [0.4, 0.5) is 5.69 Å². The molecule has 1 aliphatic rings. The SMILES string of the molecule is CC1CNC(c2ccccc2)CN1c1cnn(C)c1. The Balaban J connectivity index is 1.81. The third-order valence-electron chi connectivity index (χ3n) is 3.80. The molecule has 2 heterocycles. The van der Waals surface area contributed by atoms with Crippen LogP contribution in [-0.2, 0) is 7.05 Å². The van der Waals surface area contributed by atoms with E-state index in [1.807, 2.05) is 17.9 Å². The molecule has 1 aromatic carbocycles. The summed E-state index contributed by atoms with van der Waals surface area (Å²) in [6.45, 7) is 4.23. The highest BCUT2D eigenvalue weighted by atomic mass is 15.3. The van der Waals surface area contributed by atoms with Crippen molar-refractivity contribution in [2.75, 3.05) is 18.0 Å². The van der Waals surface area contributed by atoms with E-state index in [4.69, 9.17) is 0 Å². The van der Waals surface area contributed by atoms with Crippen LogP contribution in [0.1, 0.15) is 18.5 Å². The molecule has 1 aliphatic heterocycles. The average Bonchev–Trinajstić information content (AvgIpc) is 2.87. The first-order chi connectivity index (χ1) is 9.24. The smallest absolute Gasteiger partial charge is 0.0755 e. The largest absolute Gasteiger partial charge is 0.363 e. The van der Waals surface area contributed by atoms with Gasteiger partial charge in [0, 0.05) is 38.4 Å². The third-order valence-corrected chi connectivity index (χ3v) is 3.80. The number of piperazine rings is 1. The van der Waals surface area contributed by atoms with Crippen LogP contribution in [0.25, 0.3) is 0 Å². The van der Waals surface area contributed by atoms with E-state index in [0.717, 1.165) is 13.1 Å². The molecule has 1 N–H and O–H groups in total. The number of hydrogen-bond acceptors (Lipinski definition) is 3. The average molecular weight is 256 g/mol. The molecule has 1 aromatic heterocycles. The van der Waals surface area contributed by atoms with E-state index in [2.05, 4.69) is 58.8 Å². The normalized spacial score (nSPS) is 23.6. The van der Waals surface area contributed by atoms with Crippen molar-refractivity contribution >= 4 is 5.69 Å². The molecule has 1 saturated heterocycles. The minimum absolute atomic E-state index is 0.387. The Bertz CT molecular complexity index is 534. The van der Waals surface area contributed by atoms with Gasteiger partial charge in [-0.2, -0.15) is 5.10 Å². The molecule has 0 spiro atoms. The van der Waals surface area contributed by atoms with Gasteiger partial charge in [0.05, 0.1) is 11.9 Å². The van der Waals surface area contributed by atoms with Crippen LogP contribution in [-0.4, -0.2) is 28.9 Å². The summed E-state index contributed by atoms with van der Waals surface area (Å²) in [5.74, 6) is 0. The molecule has 1 fully saturated rings. The second-order valence-corrected chi connectivity index (χ2v) is 5.25. The molecular weight excluding hydrogens is 236 g/mol. The van der Waals surface area contributed by atoms with Crippen LogP contribution >= 0.6 is 0 Å². The van der Waals surface area contributed by atoms with Crippen molar-refractivity contribution in [2.45, 2.75) is 19.0 Å². The Hall–Kier alpha value is -1.81. The van der Waals surface area contributed by atoms with Crippen molar-refractivity contribution in [3.05, 3.63) is 48.3 Å². The van der Waals surface area contributed by atoms with Gasteiger partial charge in [-0.15, -0.1) is 0 Å². The molecule has 100 valence electrons. The summed E-state index contributed by atoms with van der Waals surface area (Å²) >= 11 is 0. The predicted octanol–water partition coefficient (Wildman–Crippen LogP) is 1.96. The van der Waals surface area contributed by atoms with Crippen molar-refractivity contribution in [1.82, 2.24) is 15.1 Å². The minimum atomic E-state index is 0.387. The fourth-order valence-corrected chi connectivity index (χ4v) is 2.69. The highest BCUT2D eigenvalue weighted by Gasteiger charge is 2.26. The van der Waals surface area contributed by atoms with Gasteiger partial charge in [0.1, 0.15) is 0 Å². The Morgan fingerprint density at radius 2 is 2.05 bits per heavy atom. The molecule has 2 aromatic rings. The first kappa shape index (κ1) is 12.2. The van der Waals surface area contributed by atoms with Crippen LogP contribution in [0.3, 0.4) is 0 Å². The highest BCUT2D eigenvalue weighted by molar-refractivity contribution is 5.45. The number of aryl methyl sites for hydroxylation is 1. The van der Waals surface area contributed by atoms with Gasteiger partial charge in [-0.05, 0) is 12.5 Å². The molecule has 19 heavy (non-hydrogen) atoms. The van der Waals surface area contributed by atoms with Crippen LogP contribution in [0, 0.1) is 0 Å². The van der Waals surface area contributed by atoms with E-state index in [-0.39, 0.29) is 0 Å². The Labute approximate surface area is 114 Å². The van der Waals surface area contributed by atoms with Gasteiger partial charge in [0.15, 0.2) is 0 Å². The summed E-state index contributed by atoms with van der Waals surface area (Å²) in [6.07, 6.45) is 4.04. The quantitative estimate of drug-likeness (QED) is 0.891. The topological polar surface area (TPSA) is 33.1 Å². The minimum Gasteiger partial charge on any atom is -0.363 e. The van der Waals surface area contributed by atoms with Crippen molar-refractivity contribution < 1.29 is 0 Å². The number of aromatic nitrogens is 2. The fourth-order valence-electron chi connectivity index (χ4n) is 2.69. The maximum Gasteiger partial charge on any atom is 0.0755 e. The van der Waals surface area contributed by atoms with Crippen molar-refractivity contribution in [3.8, 4) is 0 Å². The maximum atomic E-state index is 4.28. The molecular formula is C15H20N4. The molecule has 0 radical (unpaired) electrons. The molecule has 0 aliphatic carbocycles.